The van der Waals surface area contributed by atoms with Gasteiger partial charge in [-0.15, -0.1) is 0 Å². The number of methoxy groups -OCH3 is 3. The Morgan fingerprint density at radius 2 is 1.75 bits per heavy atom. The molecule has 0 bridgehead atoms. The van der Waals surface area contributed by atoms with Crippen LogP contribution in [-0.4, -0.2) is 49.8 Å². The second-order valence-corrected chi connectivity index (χ2v) is 7.23. The Morgan fingerprint density at radius 3 is 2.36 bits per heavy atom. The third kappa shape index (κ3) is 4.22. The van der Waals surface area contributed by atoms with Crippen LogP contribution in [0.4, 0.5) is 11.8 Å². The molecule has 0 amide bonds. The van der Waals surface area contributed by atoms with E-state index in [0.717, 1.165) is 49.2 Å². The number of nitrogens with two attached hydrogens (primary N) is 2. The molecule has 8 heteroatoms. The third-order valence-corrected chi connectivity index (χ3v) is 5.17. The molecule has 0 radical (unpaired) electrons. The van der Waals surface area contributed by atoms with E-state index >= 15 is 0 Å². The maximum atomic E-state index is 6.07. The summed E-state index contributed by atoms with van der Waals surface area (Å²) in [6, 6.07) is 3.98. The van der Waals surface area contributed by atoms with Gasteiger partial charge in [0.05, 0.1) is 27.0 Å². The summed E-state index contributed by atoms with van der Waals surface area (Å²) < 4.78 is 16.3. The normalized spacial score (nSPS) is 16.0. The summed E-state index contributed by atoms with van der Waals surface area (Å²) in [4.78, 5) is 10.8. The van der Waals surface area contributed by atoms with Gasteiger partial charge in [0.2, 0.25) is 11.7 Å². The van der Waals surface area contributed by atoms with Crippen LogP contribution in [0.5, 0.6) is 17.2 Å². The number of fused-ring (bicyclic) bond motifs is 1. The van der Waals surface area contributed by atoms with Gasteiger partial charge in [0.25, 0.3) is 0 Å². The van der Waals surface area contributed by atoms with Crippen LogP contribution in [0.3, 0.4) is 0 Å². The lowest BCUT2D eigenvalue weighted by Gasteiger charge is -2.29. The Balaban J connectivity index is 1.68. The number of hydrogen-bond donors (Lipinski definition) is 2. The molecule has 1 aliphatic rings. The maximum absolute atomic E-state index is 6.07. The molecule has 28 heavy (non-hydrogen) atoms. The van der Waals surface area contributed by atoms with E-state index in [9.17, 15) is 0 Å². The van der Waals surface area contributed by atoms with Crippen LogP contribution < -0.4 is 25.7 Å². The molecule has 1 aliphatic carbocycles. The van der Waals surface area contributed by atoms with Crippen molar-refractivity contribution in [2.24, 2.45) is 5.92 Å². The summed E-state index contributed by atoms with van der Waals surface area (Å²) in [5.41, 5.74) is 14.9. The van der Waals surface area contributed by atoms with Crippen LogP contribution in [-0.2, 0) is 19.4 Å². The smallest absolute Gasteiger partial charge is 0.222 e. The molecule has 0 fully saturated rings. The zero-order chi connectivity index (χ0) is 20.3. The Labute approximate surface area is 165 Å². The lowest BCUT2D eigenvalue weighted by atomic mass is 9.86. The lowest BCUT2D eigenvalue weighted by molar-refractivity contribution is 0.252. The van der Waals surface area contributed by atoms with Gasteiger partial charge >= 0.3 is 0 Å². The number of nitrogen functional groups attached to an aromatic ring is 2. The second-order valence-electron chi connectivity index (χ2n) is 7.23. The second kappa shape index (κ2) is 8.52. The first-order chi connectivity index (χ1) is 13.4. The monoisotopic (exact) mass is 387 g/mol. The maximum Gasteiger partial charge on any atom is 0.222 e. The number of ether oxygens (including phenoxy) is 3. The number of aryl methyl sites for hydroxylation is 1. The fourth-order valence-corrected chi connectivity index (χ4v) is 3.93. The molecule has 152 valence electrons. The molecule has 0 saturated heterocycles. The summed E-state index contributed by atoms with van der Waals surface area (Å²) in [5.74, 6) is 3.21. The van der Waals surface area contributed by atoms with Crippen molar-refractivity contribution in [1.82, 2.24) is 14.9 Å². The zero-order valence-electron chi connectivity index (χ0n) is 17.0. The van der Waals surface area contributed by atoms with E-state index in [1.807, 2.05) is 12.1 Å². The molecule has 1 atom stereocenters. The standard InChI is InChI=1S/C20H29N5O3/c1-25(11-13-8-16(26-2)18(28-4)17(9-13)27-3)10-12-5-6-15-14(7-12)19(21)24-20(22)23-15/h8-9,12H,5-7,10-11H2,1-4H3,(H4,21,22,23,24). The van der Waals surface area contributed by atoms with E-state index in [0.29, 0.717) is 29.0 Å². The Bertz CT molecular complexity index is 818. The molecule has 0 spiro atoms. The van der Waals surface area contributed by atoms with Crippen molar-refractivity contribution in [1.29, 1.82) is 0 Å². The number of benzene rings is 1. The summed E-state index contributed by atoms with van der Waals surface area (Å²) in [5, 5.41) is 0. The highest BCUT2D eigenvalue weighted by molar-refractivity contribution is 5.53. The largest absolute Gasteiger partial charge is 0.493 e. The highest BCUT2D eigenvalue weighted by atomic mass is 16.5. The first kappa shape index (κ1) is 20.0. The van der Waals surface area contributed by atoms with Crippen LogP contribution in [0.1, 0.15) is 23.2 Å². The topological polar surface area (TPSA) is 109 Å². The van der Waals surface area contributed by atoms with Crippen LogP contribution >= 0.6 is 0 Å². The molecule has 1 unspecified atom stereocenters. The number of nitrogens with zero attached hydrogens (tertiary/aromatic N) is 3. The van der Waals surface area contributed by atoms with Gasteiger partial charge in [-0.05, 0) is 49.9 Å². The first-order valence-electron chi connectivity index (χ1n) is 9.33. The van der Waals surface area contributed by atoms with Crippen LogP contribution in [0, 0.1) is 5.92 Å². The van der Waals surface area contributed by atoms with Crippen molar-refractivity contribution in [3.63, 3.8) is 0 Å². The van der Waals surface area contributed by atoms with Crippen molar-refractivity contribution in [2.45, 2.75) is 25.8 Å². The summed E-state index contributed by atoms with van der Waals surface area (Å²) in [6.45, 7) is 1.72. The van der Waals surface area contributed by atoms with Crippen LogP contribution in [0.2, 0.25) is 0 Å². The predicted octanol–water partition coefficient (Wildman–Crippen LogP) is 1.90. The van der Waals surface area contributed by atoms with Crippen molar-refractivity contribution in [3.05, 3.63) is 29.0 Å². The van der Waals surface area contributed by atoms with Gasteiger partial charge in [0.15, 0.2) is 11.5 Å². The highest BCUT2D eigenvalue weighted by Gasteiger charge is 2.24. The predicted molar refractivity (Wildman–Crippen MR) is 109 cm³/mol. The Morgan fingerprint density at radius 1 is 1.07 bits per heavy atom. The number of hydrogen-bond acceptors (Lipinski definition) is 8. The molecule has 0 saturated carbocycles. The van der Waals surface area contributed by atoms with Crippen molar-refractivity contribution < 1.29 is 14.2 Å². The van der Waals surface area contributed by atoms with Crippen LogP contribution in [0.15, 0.2) is 12.1 Å². The van der Waals surface area contributed by atoms with E-state index in [1.54, 1.807) is 21.3 Å². The molecular weight excluding hydrogens is 358 g/mol. The zero-order valence-corrected chi connectivity index (χ0v) is 17.0. The molecule has 8 nitrogen and oxygen atoms in total. The number of aromatic nitrogens is 2. The Hall–Kier alpha value is -2.74. The minimum atomic E-state index is 0.259. The fourth-order valence-electron chi connectivity index (χ4n) is 3.93. The number of rotatable bonds is 7. The molecule has 2 aromatic rings. The van der Waals surface area contributed by atoms with Gasteiger partial charge < -0.3 is 30.6 Å². The van der Waals surface area contributed by atoms with E-state index < -0.39 is 0 Å². The van der Waals surface area contributed by atoms with E-state index in [1.165, 1.54) is 0 Å². The molecule has 3 rings (SSSR count). The number of anilines is 2. The van der Waals surface area contributed by atoms with Gasteiger partial charge in [-0.2, -0.15) is 4.98 Å². The van der Waals surface area contributed by atoms with Gasteiger partial charge in [-0.1, -0.05) is 0 Å². The van der Waals surface area contributed by atoms with E-state index in [-0.39, 0.29) is 5.95 Å². The minimum Gasteiger partial charge on any atom is -0.493 e. The highest BCUT2D eigenvalue weighted by Crippen LogP contribution is 2.38. The lowest BCUT2D eigenvalue weighted by Crippen LogP contribution is -2.30. The van der Waals surface area contributed by atoms with E-state index in [2.05, 4.69) is 21.9 Å². The van der Waals surface area contributed by atoms with Crippen molar-refractivity contribution in [2.75, 3.05) is 46.4 Å². The van der Waals surface area contributed by atoms with Gasteiger partial charge in [0.1, 0.15) is 5.82 Å². The van der Waals surface area contributed by atoms with Crippen molar-refractivity contribution >= 4 is 11.8 Å². The van der Waals surface area contributed by atoms with Gasteiger partial charge in [-0.25, -0.2) is 4.98 Å². The molecular formula is C20H29N5O3. The van der Waals surface area contributed by atoms with Gasteiger partial charge in [0, 0.05) is 18.7 Å². The SMILES string of the molecule is COc1cc(CN(C)CC2CCc3nc(N)nc(N)c3C2)cc(OC)c1OC. The average molecular weight is 387 g/mol. The molecule has 4 N–H and O–H groups in total. The molecule has 1 heterocycles. The summed E-state index contributed by atoms with van der Waals surface area (Å²) in [7, 11) is 6.98. The molecule has 0 aliphatic heterocycles. The molecule has 1 aromatic heterocycles. The summed E-state index contributed by atoms with van der Waals surface area (Å²) >= 11 is 0. The van der Waals surface area contributed by atoms with Crippen LogP contribution in [0.25, 0.3) is 0 Å². The van der Waals surface area contributed by atoms with Crippen molar-refractivity contribution in [3.8, 4) is 17.2 Å². The van der Waals surface area contributed by atoms with Gasteiger partial charge in [-0.3, -0.25) is 0 Å². The molecule has 1 aromatic carbocycles. The fraction of sp³-hybridized carbons (Fsp3) is 0.500. The third-order valence-electron chi connectivity index (χ3n) is 5.17. The minimum absolute atomic E-state index is 0.259. The quantitative estimate of drug-likeness (QED) is 0.741. The Kier molecular flexibility index (Phi) is 6.08. The first-order valence-corrected chi connectivity index (χ1v) is 9.33. The van der Waals surface area contributed by atoms with E-state index in [4.69, 9.17) is 25.7 Å². The summed E-state index contributed by atoms with van der Waals surface area (Å²) in [6.07, 6.45) is 2.82. The average Bonchev–Trinajstić information content (AvgIpc) is 2.67.